The van der Waals surface area contributed by atoms with Crippen LogP contribution in [0.1, 0.15) is 17.3 Å². The minimum Gasteiger partial charge on any atom is -0.484 e. The van der Waals surface area contributed by atoms with Crippen molar-refractivity contribution >= 4 is 21.7 Å². The molecule has 0 aliphatic carbocycles. The molecule has 2 aromatic rings. The zero-order valence-electron chi connectivity index (χ0n) is 15.6. The fourth-order valence-electron chi connectivity index (χ4n) is 2.96. The van der Waals surface area contributed by atoms with E-state index >= 15 is 0 Å². The zero-order valence-corrected chi connectivity index (χ0v) is 16.4. The summed E-state index contributed by atoms with van der Waals surface area (Å²) in [5, 5.41) is 0. The number of sulfonamides is 1. The van der Waals surface area contributed by atoms with Crippen molar-refractivity contribution in [3.63, 3.8) is 0 Å². The first kappa shape index (κ1) is 20.0. The smallest absolute Gasteiger partial charge is 0.260 e. The molecule has 1 amide bonds. The SMILES string of the molecule is CC(=O)c1cccc(OCC(=O)N2CCN(S(=O)(=O)c3ccccc3)CC2)c1. The number of carbonyl (C=O) groups excluding carboxylic acids is 2. The van der Waals surface area contributed by atoms with Crippen molar-refractivity contribution in [2.24, 2.45) is 0 Å². The summed E-state index contributed by atoms with van der Waals surface area (Å²) < 4.78 is 32.2. The molecule has 2 aromatic carbocycles. The van der Waals surface area contributed by atoms with Crippen LogP contribution < -0.4 is 4.74 Å². The van der Waals surface area contributed by atoms with Crippen LogP contribution in [0.15, 0.2) is 59.5 Å². The highest BCUT2D eigenvalue weighted by Crippen LogP contribution is 2.18. The minimum atomic E-state index is -3.55. The first-order chi connectivity index (χ1) is 13.4. The number of carbonyl (C=O) groups is 2. The Morgan fingerprint density at radius 1 is 0.964 bits per heavy atom. The van der Waals surface area contributed by atoms with E-state index < -0.39 is 10.0 Å². The Bertz CT molecular complexity index is 952. The third-order valence-electron chi connectivity index (χ3n) is 4.58. The van der Waals surface area contributed by atoms with Crippen molar-refractivity contribution in [2.45, 2.75) is 11.8 Å². The van der Waals surface area contributed by atoms with E-state index in [9.17, 15) is 18.0 Å². The van der Waals surface area contributed by atoms with Gasteiger partial charge in [0.1, 0.15) is 5.75 Å². The van der Waals surface area contributed by atoms with E-state index in [0.717, 1.165) is 0 Å². The van der Waals surface area contributed by atoms with Gasteiger partial charge in [0.05, 0.1) is 4.90 Å². The molecular formula is C20H22N2O5S. The Hall–Kier alpha value is -2.71. The molecule has 8 heteroatoms. The summed E-state index contributed by atoms with van der Waals surface area (Å²) in [5.74, 6) is 0.156. The molecule has 1 aliphatic rings. The van der Waals surface area contributed by atoms with Gasteiger partial charge in [-0.1, -0.05) is 30.3 Å². The summed E-state index contributed by atoms with van der Waals surface area (Å²) in [7, 11) is -3.55. The number of Topliss-reactive ketones (excluding diaryl/α,β-unsaturated/α-hetero) is 1. The molecule has 3 rings (SSSR count). The molecule has 28 heavy (non-hydrogen) atoms. The van der Waals surface area contributed by atoms with Crippen LogP contribution in [0.5, 0.6) is 5.75 Å². The Kier molecular flexibility index (Phi) is 6.11. The van der Waals surface area contributed by atoms with E-state index in [4.69, 9.17) is 4.74 Å². The fraction of sp³-hybridized carbons (Fsp3) is 0.300. The second kappa shape index (κ2) is 8.53. The monoisotopic (exact) mass is 402 g/mol. The lowest BCUT2D eigenvalue weighted by atomic mass is 10.1. The van der Waals surface area contributed by atoms with Crippen LogP contribution in [-0.4, -0.2) is 62.1 Å². The number of hydrogen-bond acceptors (Lipinski definition) is 5. The van der Waals surface area contributed by atoms with Gasteiger partial charge in [0.15, 0.2) is 12.4 Å². The average molecular weight is 402 g/mol. The lowest BCUT2D eigenvalue weighted by Gasteiger charge is -2.34. The molecule has 0 spiro atoms. The van der Waals surface area contributed by atoms with E-state index in [-0.39, 0.29) is 36.3 Å². The van der Waals surface area contributed by atoms with Gasteiger partial charge in [0.2, 0.25) is 10.0 Å². The van der Waals surface area contributed by atoms with Crippen LogP contribution in [0.4, 0.5) is 0 Å². The normalized spacial score (nSPS) is 15.2. The number of amides is 1. The van der Waals surface area contributed by atoms with Gasteiger partial charge in [-0.3, -0.25) is 9.59 Å². The Morgan fingerprint density at radius 3 is 2.29 bits per heavy atom. The molecule has 1 heterocycles. The number of benzene rings is 2. The van der Waals surface area contributed by atoms with Gasteiger partial charge in [-0.2, -0.15) is 4.31 Å². The molecule has 1 saturated heterocycles. The maximum atomic E-state index is 12.6. The van der Waals surface area contributed by atoms with Crippen LogP contribution in [0.25, 0.3) is 0 Å². The topological polar surface area (TPSA) is 84.0 Å². The molecule has 0 N–H and O–H groups in total. The van der Waals surface area contributed by atoms with Crippen LogP contribution >= 0.6 is 0 Å². The lowest BCUT2D eigenvalue weighted by molar-refractivity contribution is -0.134. The van der Waals surface area contributed by atoms with Gasteiger partial charge in [-0.25, -0.2) is 8.42 Å². The number of nitrogens with zero attached hydrogens (tertiary/aromatic N) is 2. The van der Waals surface area contributed by atoms with Gasteiger partial charge >= 0.3 is 0 Å². The van der Waals surface area contributed by atoms with Gasteiger partial charge in [-0.15, -0.1) is 0 Å². The van der Waals surface area contributed by atoms with Crippen LogP contribution in [-0.2, 0) is 14.8 Å². The van der Waals surface area contributed by atoms with Gasteiger partial charge in [-0.05, 0) is 31.2 Å². The summed E-state index contributed by atoms with van der Waals surface area (Å²) in [6.45, 7) is 2.40. The first-order valence-electron chi connectivity index (χ1n) is 8.95. The fourth-order valence-corrected chi connectivity index (χ4v) is 4.40. The largest absolute Gasteiger partial charge is 0.484 e. The van der Waals surface area contributed by atoms with Crippen LogP contribution in [0.2, 0.25) is 0 Å². The lowest BCUT2D eigenvalue weighted by Crippen LogP contribution is -2.51. The van der Waals surface area contributed by atoms with Gasteiger partial charge in [0, 0.05) is 31.7 Å². The summed E-state index contributed by atoms with van der Waals surface area (Å²) in [6.07, 6.45) is 0. The predicted octanol–water partition coefficient (Wildman–Crippen LogP) is 1.80. The third-order valence-corrected chi connectivity index (χ3v) is 6.49. The second-order valence-electron chi connectivity index (χ2n) is 6.47. The van der Waals surface area contributed by atoms with E-state index in [1.165, 1.54) is 11.2 Å². The van der Waals surface area contributed by atoms with Crippen LogP contribution in [0, 0.1) is 0 Å². The summed E-state index contributed by atoms with van der Waals surface area (Å²) in [5.41, 5.74) is 0.518. The molecule has 7 nitrogen and oxygen atoms in total. The van der Waals surface area contributed by atoms with Crippen molar-refractivity contribution in [2.75, 3.05) is 32.8 Å². The van der Waals surface area contributed by atoms with E-state index in [2.05, 4.69) is 0 Å². The maximum absolute atomic E-state index is 12.6. The minimum absolute atomic E-state index is 0.0764. The van der Waals surface area contributed by atoms with Crippen LogP contribution in [0.3, 0.4) is 0 Å². The maximum Gasteiger partial charge on any atom is 0.260 e. The standard InChI is InChI=1S/C20H22N2O5S/c1-16(23)17-6-5-7-18(14-17)27-15-20(24)21-10-12-22(13-11-21)28(25,26)19-8-3-2-4-9-19/h2-9,14H,10-13,15H2,1H3. The van der Waals surface area contributed by atoms with Crippen molar-refractivity contribution in [1.29, 1.82) is 0 Å². The highest BCUT2D eigenvalue weighted by Gasteiger charge is 2.30. The third kappa shape index (κ3) is 4.58. The molecule has 0 unspecified atom stereocenters. The van der Waals surface area contributed by atoms with Crippen molar-refractivity contribution < 1.29 is 22.7 Å². The highest BCUT2D eigenvalue weighted by atomic mass is 32.2. The highest BCUT2D eigenvalue weighted by molar-refractivity contribution is 7.89. The predicted molar refractivity (Wildman–Crippen MR) is 104 cm³/mol. The molecular weight excluding hydrogens is 380 g/mol. The summed E-state index contributed by atoms with van der Waals surface area (Å²) >= 11 is 0. The number of rotatable bonds is 6. The summed E-state index contributed by atoms with van der Waals surface area (Å²) in [6, 6.07) is 14.9. The van der Waals surface area contributed by atoms with Gasteiger partial charge < -0.3 is 9.64 Å². The molecule has 1 aliphatic heterocycles. The first-order valence-corrected chi connectivity index (χ1v) is 10.4. The molecule has 0 saturated carbocycles. The number of ether oxygens (including phenoxy) is 1. The average Bonchev–Trinajstić information content (AvgIpc) is 2.73. The molecule has 0 atom stereocenters. The number of piperazine rings is 1. The van der Waals surface area contributed by atoms with Gasteiger partial charge in [0.25, 0.3) is 5.91 Å². The van der Waals surface area contributed by atoms with Crippen molar-refractivity contribution in [1.82, 2.24) is 9.21 Å². The zero-order chi connectivity index (χ0) is 20.1. The molecule has 0 bridgehead atoms. The second-order valence-corrected chi connectivity index (χ2v) is 8.41. The number of ketones is 1. The molecule has 1 fully saturated rings. The number of hydrogen-bond donors (Lipinski definition) is 0. The Labute approximate surface area is 164 Å². The van der Waals surface area contributed by atoms with E-state index in [0.29, 0.717) is 24.4 Å². The van der Waals surface area contributed by atoms with E-state index in [1.54, 1.807) is 59.5 Å². The molecule has 148 valence electrons. The molecule has 0 aromatic heterocycles. The van der Waals surface area contributed by atoms with E-state index in [1.807, 2.05) is 0 Å². The summed E-state index contributed by atoms with van der Waals surface area (Å²) in [4.78, 5) is 25.6. The van der Waals surface area contributed by atoms with Crippen molar-refractivity contribution in [3.8, 4) is 5.75 Å². The van der Waals surface area contributed by atoms with Crippen molar-refractivity contribution in [3.05, 3.63) is 60.2 Å². The molecule has 0 radical (unpaired) electrons. The Balaban J connectivity index is 1.54. The quantitative estimate of drug-likeness (QED) is 0.688. The Morgan fingerprint density at radius 2 is 1.64 bits per heavy atom.